The summed E-state index contributed by atoms with van der Waals surface area (Å²) >= 11 is 0. The van der Waals surface area contributed by atoms with Gasteiger partial charge in [0.2, 0.25) is 0 Å². The minimum Gasteiger partial charge on any atom is -0.481 e. The van der Waals surface area contributed by atoms with Crippen molar-refractivity contribution in [3.63, 3.8) is 0 Å². The van der Waals surface area contributed by atoms with Gasteiger partial charge in [0.1, 0.15) is 0 Å². The monoisotopic (exact) mass is 229 g/mol. The van der Waals surface area contributed by atoms with E-state index < -0.39 is 5.97 Å². The number of carboxylic acid groups (broad SMARTS) is 1. The van der Waals surface area contributed by atoms with E-state index in [2.05, 4.69) is 5.32 Å². The number of aliphatic carboxylic acids is 1. The predicted octanol–water partition coefficient (Wildman–Crippen LogP) is 1.38. The van der Waals surface area contributed by atoms with Crippen LogP contribution >= 0.6 is 0 Å². The van der Waals surface area contributed by atoms with Crippen molar-refractivity contribution >= 4 is 5.97 Å². The molecule has 3 unspecified atom stereocenters. The molecule has 0 heterocycles. The lowest BCUT2D eigenvalue weighted by molar-refractivity contribution is -0.137. The third-order valence-electron chi connectivity index (χ3n) is 3.43. The van der Waals surface area contributed by atoms with Gasteiger partial charge in [0.05, 0.1) is 0 Å². The Bertz CT molecular complexity index is 220. The maximum Gasteiger partial charge on any atom is 0.303 e. The number of aliphatic hydroxyl groups is 1. The Hall–Kier alpha value is -0.610. The van der Waals surface area contributed by atoms with E-state index in [1.165, 1.54) is 12.8 Å². The summed E-state index contributed by atoms with van der Waals surface area (Å²) in [6.07, 6.45) is 5.46. The molecule has 0 aromatic rings. The molecule has 1 saturated carbocycles. The lowest BCUT2D eigenvalue weighted by atomic mass is 9.84. The molecule has 0 radical (unpaired) electrons. The van der Waals surface area contributed by atoms with E-state index in [0.717, 1.165) is 12.8 Å². The molecule has 3 N–H and O–H groups in total. The Morgan fingerprint density at radius 2 is 2.12 bits per heavy atom. The molecule has 1 rings (SSSR count). The molecule has 1 fully saturated rings. The minimum absolute atomic E-state index is 0.213. The van der Waals surface area contributed by atoms with Crippen molar-refractivity contribution in [2.45, 2.75) is 57.5 Å². The number of hydrogen-bond donors (Lipinski definition) is 3. The fourth-order valence-corrected chi connectivity index (χ4v) is 2.43. The highest BCUT2D eigenvalue weighted by Crippen LogP contribution is 2.24. The van der Waals surface area contributed by atoms with Crippen molar-refractivity contribution in [1.82, 2.24) is 5.32 Å². The minimum atomic E-state index is -0.740. The van der Waals surface area contributed by atoms with Gasteiger partial charge in [-0.2, -0.15) is 0 Å². The molecule has 0 amide bonds. The maximum absolute atomic E-state index is 10.4. The Labute approximate surface area is 97.0 Å². The normalized spacial score (nSPS) is 27.6. The van der Waals surface area contributed by atoms with Gasteiger partial charge >= 0.3 is 5.97 Å². The molecule has 0 aromatic heterocycles. The summed E-state index contributed by atoms with van der Waals surface area (Å²) in [7, 11) is 0. The average Bonchev–Trinajstić information content (AvgIpc) is 2.27. The molecule has 0 saturated heterocycles. The molecular weight excluding hydrogens is 206 g/mol. The van der Waals surface area contributed by atoms with Gasteiger partial charge in [-0.3, -0.25) is 4.79 Å². The molecular formula is C12H23NO3. The Balaban J connectivity index is 2.30. The second kappa shape index (κ2) is 6.86. The zero-order valence-corrected chi connectivity index (χ0v) is 9.98. The van der Waals surface area contributed by atoms with Crippen molar-refractivity contribution in [3.05, 3.63) is 0 Å². The van der Waals surface area contributed by atoms with Crippen LogP contribution in [0.2, 0.25) is 0 Å². The lowest BCUT2D eigenvalue weighted by Crippen LogP contribution is -2.44. The Morgan fingerprint density at radius 3 is 2.75 bits per heavy atom. The highest BCUT2D eigenvalue weighted by atomic mass is 16.4. The quantitative estimate of drug-likeness (QED) is 0.643. The number of nitrogens with one attached hydrogen (secondary N) is 1. The molecule has 1 aliphatic carbocycles. The van der Waals surface area contributed by atoms with Gasteiger partial charge in [0.25, 0.3) is 0 Å². The van der Waals surface area contributed by atoms with Crippen molar-refractivity contribution in [1.29, 1.82) is 0 Å². The topological polar surface area (TPSA) is 69.6 Å². The molecule has 16 heavy (non-hydrogen) atoms. The molecule has 0 aliphatic heterocycles. The number of carboxylic acids is 1. The average molecular weight is 229 g/mol. The highest BCUT2D eigenvalue weighted by molar-refractivity contribution is 5.66. The van der Waals surface area contributed by atoms with Gasteiger partial charge in [-0.15, -0.1) is 0 Å². The van der Waals surface area contributed by atoms with Crippen LogP contribution in [0.3, 0.4) is 0 Å². The van der Waals surface area contributed by atoms with Crippen LogP contribution in [0.4, 0.5) is 0 Å². The summed E-state index contributed by atoms with van der Waals surface area (Å²) in [4.78, 5) is 10.4. The van der Waals surface area contributed by atoms with E-state index in [-0.39, 0.29) is 19.1 Å². The largest absolute Gasteiger partial charge is 0.481 e. The van der Waals surface area contributed by atoms with Crippen LogP contribution in [0.15, 0.2) is 0 Å². The number of rotatable bonds is 6. The summed E-state index contributed by atoms with van der Waals surface area (Å²) in [5, 5.41) is 21.3. The van der Waals surface area contributed by atoms with Crippen LogP contribution in [0.5, 0.6) is 0 Å². The van der Waals surface area contributed by atoms with E-state index in [1.807, 2.05) is 6.92 Å². The zero-order chi connectivity index (χ0) is 12.0. The summed E-state index contributed by atoms with van der Waals surface area (Å²) < 4.78 is 0. The molecule has 0 spiro atoms. The lowest BCUT2D eigenvalue weighted by Gasteiger charge is -2.33. The number of carbonyl (C=O) groups is 1. The van der Waals surface area contributed by atoms with E-state index in [1.54, 1.807) is 0 Å². The molecule has 1 aliphatic rings. The first-order chi connectivity index (χ1) is 7.63. The number of aliphatic hydroxyl groups excluding tert-OH is 1. The summed E-state index contributed by atoms with van der Waals surface area (Å²) in [5.74, 6) is -0.392. The second-order valence-electron chi connectivity index (χ2n) is 4.83. The van der Waals surface area contributed by atoms with Crippen molar-refractivity contribution < 1.29 is 15.0 Å². The molecule has 94 valence electrons. The van der Waals surface area contributed by atoms with Crippen LogP contribution < -0.4 is 5.32 Å². The predicted molar refractivity (Wildman–Crippen MR) is 62.3 cm³/mol. The van der Waals surface area contributed by atoms with Crippen molar-refractivity contribution in [2.75, 3.05) is 6.61 Å². The maximum atomic E-state index is 10.4. The highest BCUT2D eigenvalue weighted by Gasteiger charge is 2.25. The molecule has 3 atom stereocenters. The third kappa shape index (κ3) is 4.49. The van der Waals surface area contributed by atoms with Gasteiger partial charge in [0.15, 0.2) is 0 Å². The van der Waals surface area contributed by atoms with E-state index in [9.17, 15) is 9.90 Å². The summed E-state index contributed by atoms with van der Waals surface area (Å²) in [6.45, 7) is 2.26. The second-order valence-corrected chi connectivity index (χ2v) is 4.83. The molecule has 4 nitrogen and oxygen atoms in total. The van der Waals surface area contributed by atoms with Crippen LogP contribution in [-0.4, -0.2) is 34.9 Å². The van der Waals surface area contributed by atoms with Gasteiger partial charge in [-0.1, -0.05) is 12.8 Å². The van der Waals surface area contributed by atoms with Crippen molar-refractivity contribution in [2.24, 2.45) is 5.92 Å². The van der Waals surface area contributed by atoms with Gasteiger partial charge in [-0.25, -0.2) is 0 Å². The van der Waals surface area contributed by atoms with E-state index in [4.69, 9.17) is 5.11 Å². The third-order valence-corrected chi connectivity index (χ3v) is 3.43. The zero-order valence-electron chi connectivity index (χ0n) is 9.98. The fourth-order valence-electron chi connectivity index (χ4n) is 2.43. The van der Waals surface area contributed by atoms with E-state index in [0.29, 0.717) is 18.4 Å². The molecule has 0 aromatic carbocycles. The van der Waals surface area contributed by atoms with Crippen molar-refractivity contribution in [3.8, 4) is 0 Å². The Kier molecular flexibility index (Phi) is 5.77. The standard InChI is InChI=1S/C12H23NO3/c1-9(6-7-12(15)16)13-11-5-3-2-4-10(11)8-14/h9-11,13-14H,2-8H2,1H3,(H,15,16). The van der Waals surface area contributed by atoms with Gasteiger partial charge < -0.3 is 15.5 Å². The van der Waals surface area contributed by atoms with Crippen LogP contribution in [0, 0.1) is 5.92 Å². The summed E-state index contributed by atoms with van der Waals surface area (Å²) in [5.41, 5.74) is 0. The van der Waals surface area contributed by atoms with Gasteiger partial charge in [0, 0.05) is 25.1 Å². The van der Waals surface area contributed by atoms with Crippen LogP contribution in [0.25, 0.3) is 0 Å². The first-order valence-electron chi connectivity index (χ1n) is 6.22. The van der Waals surface area contributed by atoms with Crippen LogP contribution in [0.1, 0.15) is 45.4 Å². The Morgan fingerprint density at radius 1 is 1.44 bits per heavy atom. The van der Waals surface area contributed by atoms with Gasteiger partial charge in [-0.05, 0) is 32.1 Å². The molecule has 0 bridgehead atoms. The molecule has 4 heteroatoms. The fraction of sp³-hybridized carbons (Fsp3) is 0.917. The first kappa shape index (κ1) is 13.5. The SMILES string of the molecule is CC(CCC(=O)O)NC1CCCCC1CO. The van der Waals surface area contributed by atoms with Crippen LogP contribution in [-0.2, 0) is 4.79 Å². The van der Waals surface area contributed by atoms with E-state index >= 15 is 0 Å². The summed E-state index contributed by atoms with van der Waals surface area (Å²) in [6, 6.07) is 0.579. The number of hydrogen-bond acceptors (Lipinski definition) is 3. The first-order valence-corrected chi connectivity index (χ1v) is 6.22. The smallest absolute Gasteiger partial charge is 0.303 e.